The number of methoxy groups -OCH3 is 1. The summed E-state index contributed by atoms with van der Waals surface area (Å²) in [6.07, 6.45) is 5.02. The number of hydrogen-bond donors (Lipinski definition) is 3. The number of ether oxygens (including phenoxy) is 3. The van der Waals surface area contributed by atoms with Gasteiger partial charge in [-0.15, -0.1) is 0 Å². The lowest BCUT2D eigenvalue weighted by Gasteiger charge is -2.34. The molecule has 3 amide bonds. The number of carbonyl (C=O) groups excluding carboxylic acids is 7. The Balaban J connectivity index is 1.81. The molecule has 0 spiro atoms. The van der Waals surface area contributed by atoms with Crippen molar-refractivity contribution in [2.45, 2.75) is 128 Å². The standard InChI is InChI=1S/C42H61N3O12/c1-4-6-16-33(40(43)51)44-38(49)18-17-35(46)39(50)29(11-5-2)22-37(48)34-23-31(57-26-56-20-19-55-3)25-45(34)41(52)32(27-12-8-7-9-13-27)24-36(47)28-14-10-15-30(21-28)42(53)54/h10,14-15,21,27,29,31-34H,4-9,11-13,16-20,22-26H2,1-3H3,(H2,43,51)(H,44,49)(H,53,54)/t29?,31-,32?,33?,34+/m1/s1. The maximum absolute atomic E-state index is 14.7. The van der Waals surface area contributed by atoms with Crippen LogP contribution in [0.3, 0.4) is 0 Å². The number of hydrogen-bond acceptors (Lipinski definition) is 11. The Labute approximate surface area is 335 Å². The average Bonchev–Trinajstić information content (AvgIpc) is 3.64. The molecule has 1 aliphatic carbocycles. The molecule has 1 saturated heterocycles. The SMILES string of the molecule is CCCCC(NC(=O)CCC(=O)C(=O)C(CCC)CC(=O)[C@@H]1C[C@@H](OCOCCOC)CN1C(=O)C(CC(=O)c1cccc(C(=O)O)c1)C1CCCCC1)C(N)=O. The highest BCUT2D eigenvalue weighted by Crippen LogP contribution is 2.36. The summed E-state index contributed by atoms with van der Waals surface area (Å²) in [5.74, 6) is -7.12. The van der Waals surface area contributed by atoms with E-state index in [2.05, 4.69) is 5.32 Å². The van der Waals surface area contributed by atoms with Crippen LogP contribution in [0, 0.1) is 17.8 Å². The fourth-order valence-electron chi connectivity index (χ4n) is 7.75. The van der Waals surface area contributed by atoms with Crippen LogP contribution in [-0.2, 0) is 43.0 Å². The number of aromatic carboxylic acids is 1. The third-order valence-electron chi connectivity index (χ3n) is 10.9. The summed E-state index contributed by atoms with van der Waals surface area (Å²) in [6.45, 7) is 4.29. The second kappa shape index (κ2) is 24.4. The summed E-state index contributed by atoms with van der Waals surface area (Å²) in [6, 6.07) is 3.82. The largest absolute Gasteiger partial charge is 0.478 e. The number of nitrogens with zero attached hydrogens (tertiary/aromatic N) is 1. The van der Waals surface area contributed by atoms with E-state index in [0.29, 0.717) is 38.7 Å². The minimum Gasteiger partial charge on any atom is -0.478 e. The van der Waals surface area contributed by atoms with Crippen molar-refractivity contribution in [1.82, 2.24) is 10.2 Å². The molecule has 0 aromatic heterocycles. The number of likely N-dealkylation sites (tertiary alicyclic amines) is 1. The Morgan fingerprint density at radius 3 is 2.30 bits per heavy atom. The number of carbonyl (C=O) groups is 8. The first-order valence-electron chi connectivity index (χ1n) is 20.3. The van der Waals surface area contributed by atoms with E-state index in [1.165, 1.54) is 36.3 Å². The predicted molar refractivity (Wildman–Crippen MR) is 208 cm³/mol. The molecule has 0 radical (unpaired) electrons. The number of rotatable bonds is 27. The molecule has 2 aliphatic rings. The van der Waals surface area contributed by atoms with Crippen LogP contribution in [0.2, 0.25) is 0 Å². The molecule has 316 valence electrons. The zero-order valence-corrected chi connectivity index (χ0v) is 33.7. The number of Topliss-reactive ketones (excluding diaryl/α,β-unsaturated/α-hetero) is 4. The number of benzene rings is 1. The Bertz CT molecular complexity index is 1560. The quantitative estimate of drug-likeness (QED) is 0.0493. The minimum atomic E-state index is -1.18. The van der Waals surface area contributed by atoms with Gasteiger partial charge in [0.15, 0.2) is 17.3 Å². The Hall–Kier alpha value is -4.34. The normalized spacial score (nSPS) is 18.7. The van der Waals surface area contributed by atoms with Gasteiger partial charge < -0.3 is 35.3 Å². The first-order valence-corrected chi connectivity index (χ1v) is 20.3. The van der Waals surface area contributed by atoms with Crippen molar-refractivity contribution in [3.8, 4) is 0 Å². The fraction of sp³-hybridized carbons (Fsp3) is 0.667. The highest BCUT2D eigenvalue weighted by molar-refractivity contribution is 6.38. The first-order chi connectivity index (χ1) is 27.3. The summed E-state index contributed by atoms with van der Waals surface area (Å²) in [5.41, 5.74) is 5.55. The molecular formula is C42H61N3O12. The van der Waals surface area contributed by atoms with Crippen molar-refractivity contribution in [1.29, 1.82) is 0 Å². The van der Waals surface area contributed by atoms with E-state index in [1.54, 1.807) is 0 Å². The van der Waals surface area contributed by atoms with Crippen molar-refractivity contribution >= 4 is 46.8 Å². The molecule has 5 atom stereocenters. The number of primary amides is 1. The highest BCUT2D eigenvalue weighted by Gasteiger charge is 2.45. The molecule has 1 heterocycles. The van der Waals surface area contributed by atoms with Crippen LogP contribution in [-0.4, -0.2) is 109 Å². The topological polar surface area (TPSA) is 226 Å². The van der Waals surface area contributed by atoms with Gasteiger partial charge in [-0.25, -0.2) is 4.79 Å². The van der Waals surface area contributed by atoms with E-state index < -0.39 is 71.6 Å². The van der Waals surface area contributed by atoms with E-state index in [4.69, 9.17) is 19.9 Å². The van der Waals surface area contributed by atoms with Crippen molar-refractivity contribution < 1.29 is 57.7 Å². The summed E-state index contributed by atoms with van der Waals surface area (Å²) < 4.78 is 16.4. The van der Waals surface area contributed by atoms with E-state index in [1.807, 2.05) is 13.8 Å². The van der Waals surface area contributed by atoms with Gasteiger partial charge in [0.05, 0.1) is 30.9 Å². The van der Waals surface area contributed by atoms with E-state index in [-0.39, 0.29) is 80.8 Å². The maximum Gasteiger partial charge on any atom is 0.335 e. The molecule has 15 heteroatoms. The average molecular weight is 800 g/mol. The molecule has 3 unspecified atom stereocenters. The summed E-state index contributed by atoms with van der Waals surface area (Å²) in [5, 5.41) is 12.0. The van der Waals surface area contributed by atoms with Crippen LogP contribution in [0.1, 0.15) is 131 Å². The summed E-state index contributed by atoms with van der Waals surface area (Å²) >= 11 is 0. The molecule has 2 fully saturated rings. The van der Waals surface area contributed by atoms with Gasteiger partial charge in [-0.3, -0.25) is 33.6 Å². The first kappa shape index (κ1) is 47.0. The minimum absolute atomic E-state index is 0.0414. The maximum atomic E-state index is 14.7. The van der Waals surface area contributed by atoms with Gasteiger partial charge in [-0.05, 0) is 43.7 Å². The Morgan fingerprint density at radius 2 is 1.65 bits per heavy atom. The fourth-order valence-corrected chi connectivity index (χ4v) is 7.75. The van der Waals surface area contributed by atoms with Gasteiger partial charge in [0.2, 0.25) is 23.5 Å². The van der Waals surface area contributed by atoms with E-state index >= 15 is 0 Å². The molecule has 4 N–H and O–H groups in total. The molecular weight excluding hydrogens is 738 g/mol. The van der Waals surface area contributed by atoms with E-state index in [0.717, 1.165) is 25.7 Å². The number of nitrogens with one attached hydrogen (secondary N) is 1. The number of amides is 3. The van der Waals surface area contributed by atoms with Gasteiger partial charge in [-0.1, -0.05) is 64.5 Å². The third kappa shape index (κ3) is 14.8. The second-order valence-corrected chi connectivity index (χ2v) is 15.2. The van der Waals surface area contributed by atoms with Crippen LogP contribution >= 0.6 is 0 Å². The predicted octanol–water partition coefficient (Wildman–Crippen LogP) is 4.21. The zero-order chi connectivity index (χ0) is 41.9. The van der Waals surface area contributed by atoms with Crippen molar-refractivity contribution in [2.75, 3.05) is 33.7 Å². The van der Waals surface area contributed by atoms with Crippen LogP contribution in [0.4, 0.5) is 0 Å². The number of carboxylic acid groups (broad SMARTS) is 1. The van der Waals surface area contributed by atoms with Crippen molar-refractivity contribution in [3.63, 3.8) is 0 Å². The van der Waals surface area contributed by atoms with Crippen LogP contribution in [0.5, 0.6) is 0 Å². The molecule has 0 bridgehead atoms. The Kier molecular flexibility index (Phi) is 20.2. The van der Waals surface area contributed by atoms with Crippen LogP contribution in [0.15, 0.2) is 24.3 Å². The summed E-state index contributed by atoms with van der Waals surface area (Å²) in [7, 11) is 1.54. The number of ketones is 4. The van der Waals surface area contributed by atoms with Crippen LogP contribution in [0.25, 0.3) is 0 Å². The molecule has 1 aromatic rings. The lowest BCUT2D eigenvalue weighted by atomic mass is 9.76. The van der Waals surface area contributed by atoms with Crippen molar-refractivity contribution in [2.24, 2.45) is 23.5 Å². The van der Waals surface area contributed by atoms with Crippen molar-refractivity contribution in [3.05, 3.63) is 35.4 Å². The lowest BCUT2D eigenvalue weighted by molar-refractivity contribution is -0.144. The summed E-state index contributed by atoms with van der Waals surface area (Å²) in [4.78, 5) is 107. The molecule has 15 nitrogen and oxygen atoms in total. The number of nitrogens with two attached hydrogens (primary N) is 1. The molecule has 1 aromatic carbocycles. The van der Waals surface area contributed by atoms with Crippen LogP contribution < -0.4 is 11.1 Å². The van der Waals surface area contributed by atoms with Gasteiger partial charge in [0, 0.05) is 63.2 Å². The second-order valence-electron chi connectivity index (χ2n) is 15.2. The van der Waals surface area contributed by atoms with Gasteiger partial charge in [-0.2, -0.15) is 0 Å². The van der Waals surface area contributed by atoms with E-state index in [9.17, 15) is 43.5 Å². The molecule has 1 aliphatic heterocycles. The Morgan fingerprint density at radius 1 is 0.930 bits per heavy atom. The van der Waals surface area contributed by atoms with Gasteiger partial charge in [0.1, 0.15) is 12.8 Å². The highest BCUT2D eigenvalue weighted by atomic mass is 16.7. The molecule has 57 heavy (non-hydrogen) atoms. The zero-order valence-electron chi connectivity index (χ0n) is 33.7. The molecule has 3 rings (SSSR count). The third-order valence-corrected chi connectivity index (χ3v) is 10.9. The smallest absolute Gasteiger partial charge is 0.335 e. The number of unbranched alkanes of at least 4 members (excludes halogenated alkanes) is 1. The van der Waals surface area contributed by atoms with Gasteiger partial charge in [0.25, 0.3) is 0 Å². The molecule has 1 saturated carbocycles. The number of carboxylic acids is 1. The van der Waals surface area contributed by atoms with Gasteiger partial charge >= 0.3 is 5.97 Å². The monoisotopic (exact) mass is 799 g/mol. The lowest BCUT2D eigenvalue weighted by Crippen LogP contribution is -2.47.